The number of amides is 2. The van der Waals surface area contributed by atoms with E-state index in [1.807, 2.05) is 48.2 Å². The number of anilines is 2. The fraction of sp³-hybridized carbons (Fsp3) is 0.190. The molecule has 0 radical (unpaired) electrons. The van der Waals surface area contributed by atoms with Crippen molar-refractivity contribution in [3.05, 3.63) is 83.3 Å². The Morgan fingerprint density at radius 3 is 2.62 bits per heavy atom. The number of carbonyl (C=O) groups excluding carboxylic acids is 1. The van der Waals surface area contributed by atoms with Crippen LogP contribution in [0.15, 0.2) is 61.1 Å². The highest BCUT2D eigenvalue weighted by Gasteiger charge is 2.33. The van der Waals surface area contributed by atoms with E-state index < -0.39 is 0 Å². The molecule has 130 valence electrons. The van der Waals surface area contributed by atoms with Gasteiger partial charge in [-0.05, 0) is 49.2 Å². The SMILES string of the molecule is Cc1ccc(N2C(=O)N(Cc3ccncc3)Cc3cccnc32)c(C)c1. The van der Waals surface area contributed by atoms with E-state index >= 15 is 0 Å². The summed E-state index contributed by atoms with van der Waals surface area (Å²) in [6.45, 7) is 5.17. The second-order valence-corrected chi connectivity index (χ2v) is 6.61. The monoisotopic (exact) mass is 344 g/mol. The molecule has 3 aromatic rings. The minimum Gasteiger partial charge on any atom is -0.315 e. The van der Waals surface area contributed by atoms with Gasteiger partial charge in [0, 0.05) is 30.7 Å². The lowest BCUT2D eigenvalue weighted by atomic mass is 10.1. The Morgan fingerprint density at radius 2 is 1.85 bits per heavy atom. The van der Waals surface area contributed by atoms with Crippen LogP contribution in [0.1, 0.15) is 22.3 Å². The quantitative estimate of drug-likeness (QED) is 0.709. The molecule has 0 saturated heterocycles. The number of carbonyl (C=O) groups is 1. The van der Waals surface area contributed by atoms with Gasteiger partial charge in [0.15, 0.2) is 0 Å². The topological polar surface area (TPSA) is 49.3 Å². The molecule has 0 unspecified atom stereocenters. The number of nitrogens with zero attached hydrogens (tertiary/aromatic N) is 4. The van der Waals surface area contributed by atoms with E-state index in [-0.39, 0.29) is 6.03 Å². The first-order valence-corrected chi connectivity index (χ1v) is 8.62. The summed E-state index contributed by atoms with van der Waals surface area (Å²) in [6.07, 6.45) is 5.24. The molecule has 0 atom stereocenters. The van der Waals surface area contributed by atoms with Crippen LogP contribution in [0.2, 0.25) is 0 Å². The zero-order valence-electron chi connectivity index (χ0n) is 14.9. The van der Waals surface area contributed by atoms with Crippen molar-refractivity contribution in [1.82, 2.24) is 14.9 Å². The first kappa shape index (κ1) is 16.3. The number of benzene rings is 1. The second-order valence-electron chi connectivity index (χ2n) is 6.61. The van der Waals surface area contributed by atoms with Gasteiger partial charge in [-0.2, -0.15) is 0 Å². The number of urea groups is 1. The Labute approximate surface area is 152 Å². The van der Waals surface area contributed by atoms with Gasteiger partial charge >= 0.3 is 6.03 Å². The molecule has 26 heavy (non-hydrogen) atoms. The highest BCUT2D eigenvalue weighted by molar-refractivity contribution is 6.01. The first-order valence-electron chi connectivity index (χ1n) is 8.62. The van der Waals surface area contributed by atoms with Crippen LogP contribution in [0.3, 0.4) is 0 Å². The van der Waals surface area contributed by atoms with E-state index in [9.17, 15) is 4.79 Å². The van der Waals surface area contributed by atoms with Gasteiger partial charge in [0.25, 0.3) is 0 Å². The Balaban J connectivity index is 1.77. The number of aryl methyl sites for hydroxylation is 2. The van der Waals surface area contributed by atoms with Gasteiger partial charge in [0.05, 0.1) is 12.2 Å². The number of pyridine rings is 2. The standard InChI is InChI=1S/C21H20N4O/c1-15-5-6-19(16(2)12-15)25-20-18(4-3-9-23-20)14-24(21(25)26)13-17-7-10-22-11-8-17/h3-12H,13-14H2,1-2H3. The molecule has 3 heterocycles. The van der Waals surface area contributed by atoms with Crippen molar-refractivity contribution in [2.75, 3.05) is 4.90 Å². The maximum absolute atomic E-state index is 13.3. The van der Waals surface area contributed by atoms with Gasteiger partial charge in [0.1, 0.15) is 5.82 Å². The van der Waals surface area contributed by atoms with Gasteiger partial charge < -0.3 is 4.90 Å². The average Bonchev–Trinajstić information content (AvgIpc) is 2.64. The lowest BCUT2D eigenvalue weighted by Crippen LogP contribution is -2.45. The van der Waals surface area contributed by atoms with Crippen molar-refractivity contribution < 1.29 is 4.79 Å². The van der Waals surface area contributed by atoms with Crippen LogP contribution in [-0.4, -0.2) is 20.9 Å². The molecule has 5 heteroatoms. The molecule has 5 nitrogen and oxygen atoms in total. The van der Waals surface area contributed by atoms with Crippen molar-refractivity contribution in [2.24, 2.45) is 0 Å². The highest BCUT2D eigenvalue weighted by atomic mass is 16.2. The van der Waals surface area contributed by atoms with Crippen LogP contribution < -0.4 is 4.90 Å². The molecule has 0 aliphatic carbocycles. The first-order chi connectivity index (χ1) is 12.6. The molecule has 0 N–H and O–H groups in total. The molecule has 1 aromatic carbocycles. The predicted molar refractivity (Wildman–Crippen MR) is 101 cm³/mol. The number of aromatic nitrogens is 2. The molecule has 1 aliphatic heterocycles. The summed E-state index contributed by atoms with van der Waals surface area (Å²) in [5, 5.41) is 0. The van der Waals surface area contributed by atoms with Crippen LogP contribution in [0.4, 0.5) is 16.3 Å². The maximum atomic E-state index is 13.3. The zero-order chi connectivity index (χ0) is 18.1. The van der Waals surface area contributed by atoms with Crippen molar-refractivity contribution in [2.45, 2.75) is 26.9 Å². The molecular weight excluding hydrogens is 324 g/mol. The molecule has 0 fully saturated rings. The summed E-state index contributed by atoms with van der Waals surface area (Å²) < 4.78 is 0. The second kappa shape index (κ2) is 6.59. The number of hydrogen-bond donors (Lipinski definition) is 0. The number of fused-ring (bicyclic) bond motifs is 1. The third kappa shape index (κ3) is 2.92. The van der Waals surface area contributed by atoms with E-state index in [1.54, 1.807) is 23.5 Å². The largest absolute Gasteiger partial charge is 0.330 e. The minimum absolute atomic E-state index is 0.0556. The van der Waals surface area contributed by atoms with Crippen LogP contribution in [-0.2, 0) is 13.1 Å². The molecule has 2 amide bonds. The smallest absolute Gasteiger partial charge is 0.315 e. The van der Waals surface area contributed by atoms with Crippen LogP contribution in [0.5, 0.6) is 0 Å². The zero-order valence-corrected chi connectivity index (χ0v) is 14.9. The van der Waals surface area contributed by atoms with E-state index in [0.717, 1.165) is 28.2 Å². The van der Waals surface area contributed by atoms with Crippen LogP contribution in [0, 0.1) is 13.8 Å². The Morgan fingerprint density at radius 1 is 1.04 bits per heavy atom. The van der Waals surface area contributed by atoms with Crippen molar-refractivity contribution in [1.29, 1.82) is 0 Å². The van der Waals surface area contributed by atoms with Crippen molar-refractivity contribution in [3.63, 3.8) is 0 Å². The summed E-state index contributed by atoms with van der Waals surface area (Å²) in [5.41, 5.74) is 5.20. The lowest BCUT2D eigenvalue weighted by Gasteiger charge is -2.36. The number of hydrogen-bond acceptors (Lipinski definition) is 3. The summed E-state index contributed by atoms with van der Waals surface area (Å²) in [7, 11) is 0. The van der Waals surface area contributed by atoms with Gasteiger partial charge in [0.2, 0.25) is 0 Å². The third-order valence-corrected chi connectivity index (χ3v) is 4.62. The van der Waals surface area contributed by atoms with Gasteiger partial charge in [-0.3, -0.25) is 4.98 Å². The normalized spacial score (nSPS) is 13.7. The molecule has 1 aliphatic rings. The van der Waals surface area contributed by atoms with Crippen molar-refractivity contribution in [3.8, 4) is 0 Å². The van der Waals surface area contributed by atoms with Crippen LogP contribution in [0.25, 0.3) is 0 Å². The predicted octanol–water partition coefficient (Wildman–Crippen LogP) is 4.37. The summed E-state index contributed by atoms with van der Waals surface area (Å²) in [4.78, 5) is 25.5. The van der Waals surface area contributed by atoms with Gasteiger partial charge in [-0.25, -0.2) is 14.7 Å². The Bertz CT molecular complexity index is 955. The maximum Gasteiger partial charge on any atom is 0.330 e. The summed E-state index contributed by atoms with van der Waals surface area (Å²) in [6, 6.07) is 13.9. The Kier molecular flexibility index (Phi) is 4.13. The third-order valence-electron chi connectivity index (χ3n) is 4.62. The molecule has 0 saturated carbocycles. The van der Waals surface area contributed by atoms with E-state index in [2.05, 4.69) is 23.0 Å². The van der Waals surface area contributed by atoms with E-state index in [4.69, 9.17) is 0 Å². The molecular formula is C21H20N4O. The van der Waals surface area contributed by atoms with E-state index in [0.29, 0.717) is 13.1 Å². The van der Waals surface area contributed by atoms with Gasteiger partial charge in [-0.1, -0.05) is 23.8 Å². The summed E-state index contributed by atoms with van der Waals surface area (Å²) >= 11 is 0. The minimum atomic E-state index is -0.0556. The summed E-state index contributed by atoms with van der Waals surface area (Å²) in [5.74, 6) is 0.718. The highest BCUT2D eigenvalue weighted by Crippen LogP contribution is 2.35. The number of rotatable bonds is 3. The lowest BCUT2D eigenvalue weighted by molar-refractivity contribution is 0.198. The fourth-order valence-electron chi connectivity index (χ4n) is 3.37. The van der Waals surface area contributed by atoms with Crippen molar-refractivity contribution >= 4 is 17.5 Å². The molecule has 0 bridgehead atoms. The molecule has 2 aromatic heterocycles. The van der Waals surface area contributed by atoms with Gasteiger partial charge in [-0.15, -0.1) is 0 Å². The fourth-order valence-corrected chi connectivity index (χ4v) is 3.37. The molecule has 0 spiro atoms. The van der Waals surface area contributed by atoms with Crippen LogP contribution >= 0.6 is 0 Å². The van der Waals surface area contributed by atoms with E-state index in [1.165, 1.54) is 5.56 Å². The Hall–Kier alpha value is -3.21. The molecule has 4 rings (SSSR count). The average molecular weight is 344 g/mol.